The summed E-state index contributed by atoms with van der Waals surface area (Å²) >= 11 is 0. The van der Waals surface area contributed by atoms with E-state index in [4.69, 9.17) is 10.8 Å². The van der Waals surface area contributed by atoms with E-state index < -0.39 is 30.0 Å². The normalized spacial score (nSPS) is 12.5. The Kier molecular flexibility index (Phi) is 3.33. The van der Waals surface area contributed by atoms with Gasteiger partial charge in [-0.3, -0.25) is 0 Å². The summed E-state index contributed by atoms with van der Waals surface area (Å²) in [6.07, 6.45) is 0. The molecule has 0 radical (unpaired) electrons. The lowest BCUT2D eigenvalue weighted by molar-refractivity contribution is 0.259. The van der Waals surface area contributed by atoms with Crippen LogP contribution in [0.25, 0.3) is 0 Å². The standard InChI is InChI=1S/C9H12FNO4/c1-15-6-2-5(13)9(14)7(8(6)10)4(11)3-12/h2,4,12-14H,3,11H2,1H3. The molecule has 15 heavy (non-hydrogen) atoms. The van der Waals surface area contributed by atoms with E-state index in [9.17, 15) is 14.6 Å². The lowest BCUT2D eigenvalue weighted by Gasteiger charge is -2.15. The molecule has 5 nitrogen and oxygen atoms in total. The molecule has 0 saturated carbocycles. The average Bonchev–Trinajstić information content (AvgIpc) is 2.23. The van der Waals surface area contributed by atoms with Crippen molar-refractivity contribution < 1.29 is 24.4 Å². The van der Waals surface area contributed by atoms with Crippen molar-refractivity contribution >= 4 is 0 Å². The lowest BCUT2D eigenvalue weighted by atomic mass is 10.1. The van der Waals surface area contributed by atoms with E-state index in [1.165, 1.54) is 7.11 Å². The van der Waals surface area contributed by atoms with E-state index in [1.54, 1.807) is 0 Å². The van der Waals surface area contributed by atoms with Crippen molar-refractivity contribution in [3.63, 3.8) is 0 Å². The molecular formula is C9H12FNO4. The highest BCUT2D eigenvalue weighted by Gasteiger charge is 2.22. The highest BCUT2D eigenvalue weighted by molar-refractivity contribution is 5.52. The number of phenolic OH excluding ortho intramolecular Hbond substituents is 2. The van der Waals surface area contributed by atoms with Gasteiger partial charge in [0.05, 0.1) is 25.3 Å². The van der Waals surface area contributed by atoms with Crippen LogP contribution in [0.2, 0.25) is 0 Å². The third-order valence-electron chi connectivity index (χ3n) is 2.01. The zero-order chi connectivity index (χ0) is 11.6. The van der Waals surface area contributed by atoms with E-state index in [2.05, 4.69) is 4.74 Å². The fraction of sp³-hybridized carbons (Fsp3) is 0.333. The molecule has 1 aromatic rings. The summed E-state index contributed by atoms with van der Waals surface area (Å²) in [6, 6.07) is -0.191. The first-order valence-electron chi connectivity index (χ1n) is 4.17. The lowest BCUT2D eigenvalue weighted by Crippen LogP contribution is -2.16. The van der Waals surface area contributed by atoms with Gasteiger partial charge in [-0.1, -0.05) is 0 Å². The van der Waals surface area contributed by atoms with Crippen molar-refractivity contribution in [1.82, 2.24) is 0 Å². The topological polar surface area (TPSA) is 95.9 Å². The second-order valence-corrected chi connectivity index (χ2v) is 2.96. The Morgan fingerprint density at radius 3 is 2.60 bits per heavy atom. The van der Waals surface area contributed by atoms with Crippen LogP contribution in [-0.2, 0) is 0 Å². The SMILES string of the molecule is COc1cc(O)c(O)c(C(N)CO)c1F. The van der Waals surface area contributed by atoms with E-state index in [1.807, 2.05) is 0 Å². The first-order valence-corrected chi connectivity index (χ1v) is 4.17. The van der Waals surface area contributed by atoms with Crippen molar-refractivity contribution in [2.75, 3.05) is 13.7 Å². The van der Waals surface area contributed by atoms with Crippen molar-refractivity contribution in [2.45, 2.75) is 6.04 Å². The summed E-state index contributed by atoms with van der Waals surface area (Å²) in [5, 5.41) is 27.4. The molecule has 0 bridgehead atoms. The molecule has 6 heteroatoms. The maximum atomic E-state index is 13.6. The minimum atomic E-state index is -1.12. The Morgan fingerprint density at radius 2 is 2.13 bits per heavy atom. The van der Waals surface area contributed by atoms with Gasteiger partial charge in [0.15, 0.2) is 23.1 Å². The number of benzene rings is 1. The fourth-order valence-electron chi connectivity index (χ4n) is 1.21. The molecule has 0 aromatic heterocycles. The number of aromatic hydroxyl groups is 2. The molecule has 1 rings (SSSR count). The maximum Gasteiger partial charge on any atom is 0.173 e. The number of hydrogen-bond acceptors (Lipinski definition) is 5. The molecule has 0 heterocycles. The van der Waals surface area contributed by atoms with Gasteiger partial charge in [-0.25, -0.2) is 4.39 Å². The fourth-order valence-corrected chi connectivity index (χ4v) is 1.21. The van der Waals surface area contributed by atoms with Crippen LogP contribution in [0.1, 0.15) is 11.6 Å². The number of ether oxygens (including phenoxy) is 1. The minimum absolute atomic E-state index is 0.246. The molecule has 0 saturated heterocycles. The molecule has 84 valence electrons. The van der Waals surface area contributed by atoms with Crippen molar-refractivity contribution in [3.05, 3.63) is 17.4 Å². The number of nitrogens with two attached hydrogens (primary N) is 1. The predicted molar refractivity (Wildman–Crippen MR) is 50.3 cm³/mol. The minimum Gasteiger partial charge on any atom is -0.504 e. The van der Waals surface area contributed by atoms with Crippen LogP contribution in [0, 0.1) is 5.82 Å². The monoisotopic (exact) mass is 217 g/mol. The van der Waals surface area contributed by atoms with E-state index in [0.717, 1.165) is 6.07 Å². The highest BCUT2D eigenvalue weighted by atomic mass is 19.1. The highest BCUT2D eigenvalue weighted by Crippen LogP contribution is 2.39. The third-order valence-corrected chi connectivity index (χ3v) is 2.01. The molecular weight excluding hydrogens is 205 g/mol. The molecule has 5 N–H and O–H groups in total. The molecule has 0 amide bonds. The number of methoxy groups -OCH3 is 1. The zero-order valence-electron chi connectivity index (χ0n) is 8.07. The smallest absolute Gasteiger partial charge is 0.173 e. The maximum absolute atomic E-state index is 13.6. The summed E-state index contributed by atoms with van der Waals surface area (Å²) in [4.78, 5) is 0. The quantitative estimate of drug-likeness (QED) is 0.544. The summed E-state index contributed by atoms with van der Waals surface area (Å²) < 4.78 is 18.2. The molecule has 0 aliphatic rings. The van der Waals surface area contributed by atoms with Gasteiger partial charge in [0, 0.05) is 6.07 Å². The first-order chi connectivity index (χ1) is 7.02. The van der Waals surface area contributed by atoms with Gasteiger partial charge in [0.2, 0.25) is 0 Å². The van der Waals surface area contributed by atoms with Gasteiger partial charge in [-0.05, 0) is 0 Å². The van der Waals surface area contributed by atoms with Crippen LogP contribution in [0.4, 0.5) is 4.39 Å². The van der Waals surface area contributed by atoms with Gasteiger partial charge < -0.3 is 25.8 Å². The number of aliphatic hydroxyl groups excluding tert-OH is 1. The number of phenols is 2. The summed E-state index contributed by atoms with van der Waals surface area (Å²) in [7, 11) is 1.21. The summed E-state index contributed by atoms with van der Waals surface area (Å²) in [5.41, 5.74) is 5.01. The molecule has 1 aromatic carbocycles. The van der Waals surface area contributed by atoms with E-state index in [-0.39, 0.29) is 11.3 Å². The molecule has 0 fully saturated rings. The molecule has 0 spiro atoms. The third kappa shape index (κ3) is 1.95. The molecule has 1 unspecified atom stereocenters. The van der Waals surface area contributed by atoms with Crippen molar-refractivity contribution in [1.29, 1.82) is 0 Å². The number of aliphatic hydroxyl groups is 1. The van der Waals surface area contributed by atoms with Crippen LogP contribution in [0.15, 0.2) is 6.07 Å². The van der Waals surface area contributed by atoms with Crippen LogP contribution in [-0.4, -0.2) is 29.0 Å². The van der Waals surface area contributed by atoms with Gasteiger partial charge in [-0.15, -0.1) is 0 Å². The van der Waals surface area contributed by atoms with Crippen LogP contribution < -0.4 is 10.5 Å². The Bertz CT molecular complexity index is 370. The Labute approximate surface area is 85.5 Å². The van der Waals surface area contributed by atoms with E-state index >= 15 is 0 Å². The second kappa shape index (κ2) is 4.33. The predicted octanol–water partition coefficient (Wildman–Crippen LogP) is 0.238. The first kappa shape index (κ1) is 11.5. The van der Waals surface area contributed by atoms with Gasteiger partial charge in [-0.2, -0.15) is 0 Å². The second-order valence-electron chi connectivity index (χ2n) is 2.96. The van der Waals surface area contributed by atoms with Crippen LogP contribution in [0.3, 0.4) is 0 Å². The summed E-state index contributed by atoms with van der Waals surface area (Å²) in [6.45, 7) is -0.558. The molecule has 0 aliphatic carbocycles. The van der Waals surface area contributed by atoms with Crippen LogP contribution in [0.5, 0.6) is 17.2 Å². The summed E-state index contributed by atoms with van der Waals surface area (Å²) in [5.74, 6) is -2.37. The largest absolute Gasteiger partial charge is 0.504 e. The van der Waals surface area contributed by atoms with Gasteiger partial charge in [0.25, 0.3) is 0 Å². The van der Waals surface area contributed by atoms with Crippen molar-refractivity contribution in [3.8, 4) is 17.2 Å². The Hall–Kier alpha value is -1.53. The number of rotatable bonds is 3. The van der Waals surface area contributed by atoms with E-state index in [0.29, 0.717) is 0 Å². The Balaban J connectivity index is 3.40. The molecule has 1 atom stereocenters. The Morgan fingerprint density at radius 1 is 1.53 bits per heavy atom. The number of hydrogen-bond donors (Lipinski definition) is 4. The molecule has 0 aliphatic heterocycles. The number of halogens is 1. The van der Waals surface area contributed by atoms with Gasteiger partial charge >= 0.3 is 0 Å². The van der Waals surface area contributed by atoms with Gasteiger partial charge in [0.1, 0.15) is 0 Å². The van der Waals surface area contributed by atoms with Crippen LogP contribution >= 0.6 is 0 Å². The zero-order valence-corrected chi connectivity index (χ0v) is 8.07. The van der Waals surface area contributed by atoms with Crippen molar-refractivity contribution in [2.24, 2.45) is 5.73 Å². The average molecular weight is 217 g/mol.